The summed E-state index contributed by atoms with van der Waals surface area (Å²) in [6, 6.07) is 14.8. The van der Waals surface area contributed by atoms with Crippen LogP contribution in [-0.4, -0.2) is 46.9 Å². The van der Waals surface area contributed by atoms with Gasteiger partial charge in [0.05, 0.1) is 10.6 Å². The molecule has 37 heavy (non-hydrogen) atoms. The van der Waals surface area contributed by atoms with E-state index in [1.807, 2.05) is 18.2 Å². The first-order valence-corrected chi connectivity index (χ1v) is 11.9. The zero-order valence-electron chi connectivity index (χ0n) is 19.6. The maximum absolute atomic E-state index is 13.3. The molecule has 3 aromatic rings. The van der Waals surface area contributed by atoms with E-state index in [2.05, 4.69) is 5.32 Å². The Hall–Kier alpha value is -4.04. The average molecular weight is 525 g/mol. The first kappa shape index (κ1) is 26.0. The summed E-state index contributed by atoms with van der Waals surface area (Å²) in [6.07, 6.45) is 2.64. The molecule has 2 amide bonds. The Bertz CT molecular complexity index is 1360. The van der Waals surface area contributed by atoms with Gasteiger partial charge in [-0.25, -0.2) is 13.6 Å². The van der Waals surface area contributed by atoms with E-state index < -0.39 is 29.6 Å². The highest BCUT2D eigenvalue weighted by Crippen LogP contribution is 2.24. The summed E-state index contributed by atoms with van der Waals surface area (Å²) in [5, 5.41) is 11.9. The summed E-state index contributed by atoms with van der Waals surface area (Å²) in [7, 11) is 0. The van der Waals surface area contributed by atoms with Gasteiger partial charge in [-0.15, -0.1) is 0 Å². The summed E-state index contributed by atoms with van der Waals surface area (Å²) in [6.45, 7) is 0.940. The van der Waals surface area contributed by atoms with Crippen LogP contribution < -0.4 is 5.32 Å². The van der Waals surface area contributed by atoms with Crippen LogP contribution in [0.25, 0.3) is 5.57 Å². The number of carbonyl (C=O) groups excluding carboxylic acids is 2. The summed E-state index contributed by atoms with van der Waals surface area (Å²) in [4.78, 5) is 38.6. The van der Waals surface area contributed by atoms with Crippen molar-refractivity contribution in [2.24, 2.45) is 0 Å². The molecule has 0 aliphatic carbocycles. The molecule has 0 fully saturated rings. The molecule has 3 aromatic carbocycles. The number of hydrogen-bond donors (Lipinski definition) is 2. The van der Waals surface area contributed by atoms with Gasteiger partial charge < -0.3 is 15.3 Å². The van der Waals surface area contributed by atoms with Crippen molar-refractivity contribution in [2.75, 3.05) is 13.1 Å². The minimum atomic E-state index is -1.21. The van der Waals surface area contributed by atoms with Crippen molar-refractivity contribution in [3.63, 3.8) is 0 Å². The summed E-state index contributed by atoms with van der Waals surface area (Å²) in [5.41, 5.74) is 3.13. The lowest BCUT2D eigenvalue weighted by molar-refractivity contribution is -0.139. The van der Waals surface area contributed by atoms with Crippen molar-refractivity contribution < 1.29 is 28.3 Å². The largest absolute Gasteiger partial charge is 0.480 e. The second-order valence-corrected chi connectivity index (χ2v) is 9.03. The van der Waals surface area contributed by atoms with Gasteiger partial charge in [-0.05, 0) is 65.6 Å². The zero-order chi connectivity index (χ0) is 26.5. The molecule has 1 atom stereocenters. The third kappa shape index (κ3) is 6.40. The van der Waals surface area contributed by atoms with Gasteiger partial charge in [0, 0.05) is 25.1 Å². The quantitative estimate of drug-likeness (QED) is 0.457. The van der Waals surface area contributed by atoms with Crippen LogP contribution in [0.3, 0.4) is 0 Å². The third-order valence-corrected chi connectivity index (χ3v) is 6.44. The third-order valence-electron chi connectivity index (χ3n) is 6.13. The highest BCUT2D eigenvalue weighted by Gasteiger charge is 2.23. The van der Waals surface area contributed by atoms with Crippen molar-refractivity contribution in [1.29, 1.82) is 0 Å². The smallest absolute Gasteiger partial charge is 0.326 e. The number of carbonyl (C=O) groups is 3. The standard InChI is InChI=1S/C28H23ClF2N2O4/c29-24-16-22(31)9-10-23(24)26(34)32-25(28(36)37)15-17-1-3-18(4-2-17)19-11-13-33(14-12-19)27(35)20-5-7-21(30)8-6-20/h1-11,16,25H,12-15H2,(H,32,34)(H,36,37)/t25-/m0/s1. The molecule has 4 rings (SSSR count). The van der Waals surface area contributed by atoms with Gasteiger partial charge in [0.15, 0.2) is 0 Å². The molecule has 9 heteroatoms. The fourth-order valence-corrected chi connectivity index (χ4v) is 4.34. The number of carboxylic acid groups (broad SMARTS) is 1. The molecule has 1 aliphatic rings. The Labute approximate surface area is 217 Å². The SMILES string of the molecule is O=C(N[C@@H](Cc1ccc(C2=CCN(C(=O)c3ccc(F)cc3)CC2)cc1)C(=O)O)c1ccc(F)cc1Cl. The van der Waals surface area contributed by atoms with Gasteiger partial charge in [-0.1, -0.05) is 41.9 Å². The first-order chi connectivity index (χ1) is 17.7. The average Bonchev–Trinajstić information content (AvgIpc) is 2.88. The summed E-state index contributed by atoms with van der Waals surface area (Å²) < 4.78 is 26.4. The van der Waals surface area contributed by atoms with Crippen LogP contribution in [0, 0.1) is 11.6 Å². The lowest BCUT2D eigenvalue weighted by Gasteiger charge is -2.27. The number of nitrogens with zero attached hydrogens (tertiary/aromatic N) is 1. The van der Waals surface area contributed by atoms with Crippen LogP contribution in [0.5, 0.6) is 0 Å². The van der Waals surface area contributed by atoms with Crippen molar-refractivity contribution in [3.8, 4) is 0 Å². The predicted molar refractivity (Wildman–Crippen MR) is 135 cm³/mol. The van der Waals surface area contributed by atoms with Crippen molar-refractivity contribution in [2.45, 2.75) is 18.9 Å². The molecular weight excluding hydrogens is 502 g/mol. The molecule has 2 N–H and O–H groups in total. The molecule has 1 aliphatic heterocycles. The van der Waals surface area contributed by atoms with E-state index in [1.54, 1.807) is 17.0 Å². The van der Waals surface area contributed by atoms with Crippen LogP contribution in [-0.2, 0) is 11.2 Å². The molecule has 0 bridgehead atoms. The topological polar surface area (TPSA) is 86.7 Å². The van der Waals surface area contributed by atoms with E-state index in [0.717, 1.165) is 23.3 Å². The van der Waals surface area contributed by atoms with E-state index in [9.17, 15) is 28.3 Å². The Kier molecular flexibility index (Phi) is 7.98. The van der Waals surface area contributed by atoms with Gasteiger partial charge in [0.25, 0.3) is 11.8 Å². The molecular formula is C28H23ClF2N2O4. The van der Waals surface area contributed by atoms with Gasteiger partial charge in [-0.2, -0.15) is 0 Å². The minimum Gasteiger partial charge on any atom is -0.480 e. The van der Waals surface area contributed by atoms with E-state index in [0.29, 0.717) is 30.6 Å². The van der Waals surface area contributed by atoms with Crippen LogP contribution in [0.1, 0.15) is 38.3 Å². The monoisotopic (exact) mass is 524 g/mol. The minimum absolute atomic E-state index is 0.0131. The second-order valence-electron chi connectivity index (χ2n) is 8.63. The summed E-state index contributed by atoms with van der Waals surface area (Å²) >= 11 is 5.91. The molecule has 6 nitrogen and oxygen atoms in total. The van der Waals surface area contributed by atoms with E-state index in [-0.39, 0.29) is 22.9 Å². The molecule has 0 aromatic heterocycles. The normalized spacial score (nSPS) is 14.0. The van der Waals surface area contributed by atoms with Crippen LogP contribution >= 0.6 is 11.6 Å². The molecule has 190 valence electrons. The fraction of sp³-hybridized carbons (Fsp3) is 0.179. The number of halogens is 3. The Morgan fingerprint density at radius 1 is 0.973 bits per heavy atom. The Morgan fingerprint density at radius 3 is 2.24 bits per heavy atom. The molecule has 0 spiro atoms. The first-order valence-electron chi connectivity index (χ1n) is 11.5. The lowest BCUT2D eigenvalue weighted by atomic mass is 9.96. The maximum Gasteiger partial charge on any atom is 0.326 e. The molecule has 0 radical (unpaired) electrons. The molecule has 1 heterocycles. The van der Waals surface area contributed by atoms with Crippen LogP contribution in [0.4, 0.5) is 8.78 Å². The number of hydrogen-bond acceptors (Lipinski definition) is 3. The lowest BCUT2D eigenvalue weighted by Crippen LogP contribution is -2.42. The summed E-state index contributed by atoms with van der Waals surface area (Å²) in [5.74, 6) is -3.07. The van der Waals surface area contributed by atoms with Crippen molar-refractivity contribution in [3.05, 3.63) is 112 Å². The second kappa shape index (κ2) is 11.3. The van der Waals surface area contributed by atoms with E-state index in [1.165, 1.54) is 30.3 Å². The number of nitrogens with one attached hydrogen (secondary N) is 1. The number of aliphatic carboxylic acids is 1. The molecule has 0 unspecified atom stereocenters. The van der Waals surface area contributed by atoms with Crippen molar-refractivity contribution in [1.82, 2.24) is 10.2 Å². The van der Waals surface area contributed by atoms with Gasteiger partial charge in [0.2, 0.25) is 0 Å². The van der Waals surface area contributed by atoms with E-state index >= 15 is 0 Å². The number of carboxylic acids is 1. The number of rotatable bonds is 7. The molecule has 0 saturated heterocycles. The van der Waals surface area contributed by atoms with Crippen LogP contribution in [0.2, 0.25) is 5.02 Å². The van der Waals surface area contributed by atoms with Gasteiger partial charge in [0.1, 0.15) is 17.7 Å². The van der Waals surface area contributed by atoms with Gasteiger partial charge >= 0.3 is 5.97 Å². The van der Waals surface area contributed by atoms with Crippen molar-refractivity contribution >= 4 is 35.0 Å². The van der Waals surface area contributed by atoms with E-state index in [4.69, 9.17) is 11.6 Å². The highest BCUT2D eigenvalue weighted by atomic mass is 35.5. The zero-order valence-corrected chi connectivity index (χ0v) is 20.3. The fourth-order valence-electron chi connectivity index (χ4n) is 4.09. The maximum atomic E-state index is 13.3. The van der Waals surface area contributed by atoms with Crippen LogP contribution in [0.15, 0.2) is 72.8 Å². The number of benzene rings is 3. The molecule has 0 saturated carbocycles. The number of amides is 2. The highest BCUT2D eigenvalue weighted by molar-refractivity contribution is 6.33. The Balaban J connectivity index is 1.38. The van der Waals surface area contributed by atoms with Gasteiger partial charge in [-0.3, -0.25) is 9.59 Å². The Morgan fingerprint density at radius 2 is 1.65 bits per heavy atom. The predicted octanol–water partition coefficient (Wildman–Crippen LogP) is 4.97.